The van der Waals surface area contributed by atoms with Gasteiger partial charge in [0, 0.05) is 12.8 Å². The molecule has 2 N–H and O–H groups in total. The van der Waals surface area contributed by atoms with E-state index in [0.29, 0.717) is 12.8 Å². The Bertz CT molecular complexity index is 199. The third-order valence-corrected chi connectivity index (χ3v) is 3.64. The Kier molecular flexibility index (Phi) is 12.5. The highest BCUT2D eigenvalue weighted by Gasteiger charge is 2.20. The van der Waals surface area contributed by atoms with E-state index in [9.17, 15) is 10.2 Å². The van der Waals surface area contributed by atoms with Crippen LogP contribution in [-0.4, -0.2) is 16.0 Å². The van der Waals surface area contributed by atoms with Crippen LogP contribution in [0.1, 0.15) is 90.4 Å². The van der Waals surface area contributed by atoms with Crippen molar-refractivity contribution >= 4 is 0 Å². The summed E-state index contributed by atoms with van der Waals surface area (Å²) in [6, 6.07) is 0. The molecule has 0 unspecified atom stereocenters. The molecule has 0 fully saturated rings. The molecule has 0 saturated carbocycles. The topological polar surface area (TPSA) is 40.5 Å². The van der Waals surface area contributed by atoms with Gasteiger partial charge in [-0.3, -0.25) is 0 Å². The summed E-state index contributed by atoms with van der Waals surface area (Å²) in [5.74, 6) is -1.42. The van der Waals surface area contributed by atoms with E-state index in [0.717, 1.165) is 25.7 Å². The highest BCUT2D eigenvalue weighted by molar-refractivity contribution is 4.65. The molecule has 2 nitrogen and oxygen atoms in total. The van der Waals surface area contributed by atoms with Crippen LogP contribution < -0.4 is 0 Å². The van der Waals surface area contributed by atoms with Crippen LogP contribution >= 0.6 is 0 Å². The van der Waals surface area contributed by atoms with E-state index in [-0.39, 0.29) is 0 Å². The molecule has 0 spiro atoms. The second kappa shape index (κ2) is 12.7. The van der Waals surface area contributed by atoms with E-state index in [1.54, 1.807) is 0 Å². The van der Waals surface area contributed by atoms with Crippen molar-refractivity contribution in [3.05, 3.63) is 12.7 Å². The van der Waals surface area contributed by atoms with E-state index in [1.165, 1.54) is 44.9 Å². The minimum absolute atomic E-state index is 0.498. The lowest BCUT2D eigenvalue weighted by molar-refractivity contribution is -0.171. The third kappa shape index (κ3) is 13.9. The summed E-state index contributed by atoms with van der Waals surface area (Å²) in [4.78, 5) is 0. The summed E-state index contributed by atoms with van der Waals surface area (Å²) < 4.78 is 0. The molecule has 0 aliphatic heterocycles. The molecule has 0 aromatic carbocycles. The van der Waals surface area contributed by atoms with Crippen molar-refractivity contribution in [2.45, 2.75) is 96.2 Å². The first-order valence-corrected chi connectivity index (χ1v) is 8.18. The minimum Gasteiger partial charge on any atom is -0.366 e. The zero-order chi connectivity index (χ0) is 14.4. The molecule has 0 rings (SSSR count). The summed E-state index contributed by atoms with van der Waals surface area (Å²) >= 11 is 0. The first-order valence-electron chi connectivity index (χ1n) is 8.18. The summed E-state index contributed by atoms with van der Waals surface area (Å²) in [6.45, 7) is 5.71. The summed E-state index contributed by atoms with van der Waals surface area (Å²) in [6.07, 6.45) is 16.2. The Hall–Kier alpha value is -0.340. The third-order valence-electron chi connectivity index (χ3n) is 3.64. The lowest BCUT2D eigenvalue weighted by Crippen LogP contribution is -2.27. The first kappa shape index (κ1) is 18.7. The molecule has 0 aliphatic rings. The van der Waals surface area contributed by atoms with E-state index in [1.807, 2.05) is 13.0 Å². The maximum Gasteiger partial charge on any atom is 0.162 e. The Labute approximate surface area is 119 Å². The van der Waals surface area contributed by atoms with Crippen LogP contribution in [0, 0.1) is 0 Å². The summed E-state index contributed by atoms with van der Waals surface area (Å²) in [5, 5.41) is 19.2. The predicted molar refractivity (Wildman–Crippen MR) is 83.1 cm³/mol. The lowest BCUT2D eigenvalue weighted by Gasteiger charge is -2.20. The van der Waals surface area contributed by atoms with Gasteiger partial charge in [0.15, 0.2) is 5.79 Å². The van der Waals surface area contributed by atoms with E-state index >= 15 is 0 Å². The maximum atomic E-state index is 9.61. The molecule has 0 amide bonds. The molecule has 0 atom stereocenters. The molecule has 0 radical (unpaired) electrons. The molecule has 0 aliphatic carbocycles. The highest BCUT2D eigenvalue weighted by atomic mass is 16.5. The Morgan fingerprint density at radius 2 is 1.26 bits per heavy atom. The average molecular weight is 270 g/mol. The summed E-state index contributed by atoms with van der Waals surface area (Å²) in [5.41, 5.74) is 0. The van der Waals surface area contributed by atoms with Crippen LogP contribution in [-0.2, 0) is 0 Å². The quantitative estimate of drug-likeness (QED) is 0.266. The molecule has 114 valence electrons. The van der Waals surface area contributed by atoms with Crippen LogP contribution in [0.2, 0.25) is 0 Å². The number of hydrogen-bond acceptors (Lipinski definition) is 2. The molecule has 0 aromatic rings. The van der Waals surface area contributed by atoms with Crippen LogP contribution in [0.5, 0.6) is 0 Å². The number of rotatable bonds is 14. The molecule has 0 bridgehead atoms. The number of unbranched alkanes of at least 4 members (excludes halogenated alkanes) is 9. The van der Waals surface area contributed by atoms with Crippen molar-refractivity contribution in [3.63, 3.8) is 0 Å². The Morgan fingerprint density at radius 3 is 1.74 bits per heavy atom. The van der Waals surface area contributed by atoms with Gasteiger partial charge in [-0.1, -0.05) is 64.4 Å². The van der Waals surface area contributed by atoms with Crippen LogP contribution in [0.4, 0.5) is 0 Å². The van der Waals surface area contributed by atoms with Crippen molar-refractivity contribution in [3.8, 4) is 0 Å². The lowest BCUT2D eigenvalue weighted by atomic mass is 10.0. The molecule has 19 heavy (non-hydrogen) atoms. The van der Waals surface area contributed by atoms with Gasteiger partial charge in [-0.15, -0.1) is 6.58 Å². The van der Waals surface area contributed by atoms with Crippen LogP contribution in [0.15, 0.2) is 12.7 Å². The zero-order valence-electron chi connectivity index (χ0n) is 12.9. The second-order valence-electron chi connectivity index (χ2n) is 5.74. The first-order chi connectivity index (χ1) is 9.12. The van der Waals surface area contributed by atoms with Gasteiger partial charge in [0.2, 0.25) is 0 Å². The van der Waals surface area contributed by atoms with Gasteiger partial charge >= 0.3 is 0 Å². The van der Waals surface area contributed by atoms with Crippen molar-refractivity contribution in [1.29, 1.82) is 0 Å². The van der Waals surface area contributed by atoms with Crippen molar-refractivity contribution in [2.24, 2.45) is 0 Å². The average Bonchev–Trinajstić information content (AvgIpc) is 2.36. The number of allylic oxidation sites excluding steroid dienone is 1. The molecule has 0 saturated heterocycles. The largest absolute Gasteiger partial charge is 0.366 e. The standard InChI is InChI=1S/C17H34O2/c1-3-5-6-7-8-9-10-11-12-13-14-16-17(18,19)15-4-2/h3,18-19H,1,4-16H2,2H3. The van der Waals surface area contributed by atoms with Crippen LogP contribution in [0.3, 0.4) is 0 Å². The van der Waals surface area contributed by atoms with E-state index in [4.69, 9.17) is 0 Å². The Balaban J connectivity index is 3.16. The monoisotopic (exact) mass is 270 g/mol. The fourth-order valence-electron chi connectivity index (χ4n) is 2.46. The highest BCUT2D eigenvalue weighted by Crippen LogP contribution is 2.18. The van der Waals surface area contributed by atoms with Crippen molar-refractivity contribution < 1.29 is 10.2 Å². The fraction of sp³-hybridized carbons (Fsp3) is 0.882. The van der Waals surface area contributed by atoms with Crippen LogP contribution in [0.25, 0.3) is 0 Å². The molecular formula is C17H34O2. The van der Waals surface area contributed by atoms with Gasteiger partial charge < -0.3 is 10.2 Å². The number of hydrogen-bond donors (Lipinski definition) is 2. The molecule has 2 heteroatoms. The van der Waals surface area contributed by atoms with E-state index < -0.39 is 5.79 Å². The van der Waals surface area contributed by atoms with E-state index in [2.05, 4.69) is 6.58 Å². The normalized spacial score (nSPS) is 11.7. The van der Waals surface area contributed by atoms with Gasteiger partial charge in [0.25, 0.3) is 0 Å². The molecular weight excluding hydrogens is 236 g/mol. The van der Waals surface area contributed by atoms with Crippen molar-refractivity contribution in [1.82, 2.24) is 0 Å². The second-order valence-corrected chi connectivity index (χ2v) is 5.74. The minimum atomic E-state index is -1.42. The fourth-order valence-corrected chi connectivity index (χ4v) is 2.46. The van der Waals surface area contributed by atoms with Gasteiger partial charge in [-0.2, -0.15) is 0 Å². The SMILES string of the molecule is C=CCCCCCCCCCCCC(O)(O)CCC. The van der Waals surface area contributed by atoms with Gasteiger partial charge in [-0.25, -0.2) is 0 Å². The van der Waals surface area contributed by atoms with Gasteiger partial charge in [0.05, 0.1) is 0 Å². The number of aliphatic hydroxyl groups is 2. The zero-order valence-corrected chi connectivity index (χ0v) is 12.9. The predicted octanol–water partition coefficient (Wildman–Crippen LogP) is 4.94. The smallest absolute Gasteiger partial charge is 0.162 e. The van der Waals surface area contributed by atoms with Gasteiger partial charge in [-0.05, 0) is 19.3 Å². The molecule has 0 heterocycles. The summed E-state index contributed by atoms with van der Waals surface area (Å²) in [7, 11) is 0. The van der Waals surface area contributed by atoms with Gasteiger partial charge in [0.1, 0.15) is 0 Å². The Morgan fingerprint density at radius 1 is 0.789 bits per heavy atom. The molecule has 0 aromatic heterocycles. The van der Waals surface area contributed by atoms with Crippen molar-refractivity contribution in [2.75, 3.05) is 0 Å². The maximum absolute atomic E-state index is 9.61.